The van der Waals surface area contributed by atoms with Crippen LogP contribution in [0.15, 0.2) is 0 Å². The number of carbonyl (C=O) groups is 1. The largest absolute Gasteiger partial charge is 0.390 e. The third kappa shape index (κ3) is 2.04. The highest BCUT2D eigenvalue weighted by atomic mass is 16.5. The molecule has 1 unspecified atom stereocenters. The van der Waals surface area contributed by atoms with Crippen molar-refractivity contribution in [1.82, 2.24) is 0 Å². The Morgan fingerprint density at radius 2 is 2.25 bits per heavy atom. The zero-order valence-corrected chi connectivity index (χ0v) is 5.00. The van der Waals surface area contributed by atoms with Crippen LogP contribution in [-0.4, -0.2) is 30.7 Å². The molecule has 0 saturated carbocycles. The Morgan fingerprint density at radius 3 is 2.25 bits per heavy atom. The van der Waals surface area contributed by atoms with Crippen LogP contribution in [0.25, 0.3) is 0 Å². The van der Waals surface area contributed by atoms with E-state index in [4.69, 9.17) is 5.11 Å². The number of hydrogen-bond donors (Lipinski definition) is 1. The standard InChI is InChI=1S/C5H10O3/c1-4(7)5(3-6)8-2/h3-5,7H,1-2H3/t4?,5-/m1/s1. The second kappa shape index (κ2) is 3.57. The summed E-state index contributed by atoms with van der Waals surface area (Å²) in [6.07, 6.45) is -0.808. The van der Waals surface area contributed by atoms with Crippen molar-refractivity contribution in [2.24, 2.45) is 0 Å². The number of ether oxygens (including phenoxy) is 1. The maximum atomic E-state index is 9.89. The number of aliphatic hydroxyl groups is 1. The summed E-state index contributed by atoms with van der Waals surface area (Å²) in [5, 5.41) is 8.66. The minimum atomic E-state index is -0.711. The SMILES string of the molecule is CO[C@H](C=O)C(C)O. The molecule has 0 aliphatic carbocycles. The average Bonchev–Trinajstić information content (AvgIpc) is 1.69. The molecule has 0 aliphatic rings. The first-order chi connectivity index (χ1) is 3.72. The van der Waals surface area contributed by atoms with Gasteiger partial charge in [0, 0.05) is 7.11 Å². The lowest BCUT2D eigenvalue weighted by molar-refractivity contribution is -0.121. The maximum absolute atomic E-state index is 9.89. The van der Waals surface area contributed by atoms with Crippen molar-refractivity contribution >= 4 is 6.29 Å². The third-order valence-electron chi connectivity index (χ3n) is 0.882. The second-order valence-electron chi connectivity index (χ2n) is 1.58. The van der Waals surface area contributed by atoms with E-state index in [-0.39, 0.29) is 0 Å². The molecule has 0 aromatic carbocycles. The van der Waals surface area contributed by atoms with Gasteiger partial charge in [-0.15, -0.1) is 0 Å². The van der Waals surface area contributed by atoms with Crippen molar-refractivity contribution in [3.8, 4) is 0 Å². The number of hydrogen-bond acceptors (Lipinski definition) is 3. The van der Waals surface area contributed by atoms with Crippen LogP contribution in [0, 0.1) is 0 Å². The summed E-state index contributed by atoms with van der Waals surface area (Å²) in [6, 6.07) is 0. The van der Waals surface area contributed by atoms with Gasteiger partial charge >= 0.3 is 0 Å². The Kier molecular flexibility index (Phi) is 3.39. The highest BCUT2D eigenvalue weighted by molar-refractivity contribution is 5.56. The number of aldehydes is 1. The van der Waals surface area contributed by atoms with Gasteiger partial charge in [0.15, 0.2) is 6.29 Å². The molecule has 2 atom stereocenters. The minimum absolute atomic E-state index is 0.574. The van der Waals surface area contributed by atoms with Crippen molar-refractivity contribution in [3.63, 3.8) is 0 Å². The highest BCUT2D eigenvalue weighted by Crippen LogP contribution is 1.91. The third-order valence-corrected chi connectivity index (χ3v) is 0.882. The predicted molar refractivity (Wildman–Crippen MR) is 28.5 cm³/mol. The molecule has 1 N–H and O–H groups in total. The lowest BCUT2D eigenvalue weighted by Gasteiger charge is -2.09. The Labute approximate surface area is 48.3 Å². The van der Waals surface area contributed by atoms with Gasteiger partial charge in [0.1, 0.15) is 6.10 Å². The Bertz CT molecular complexity index is 70.1. The summed E-state index contributed by atoms with van der Waals surface area (Å²) in [4.78, 5) is 9.89. The summed E-state index contributed by atoms with van der Waals surface area (Å²) in [7, 11) is 1.38. The zero-order valence-electron chi connectivity index (χ0n) is 5.00. The first-order valence-electron chi connectivity index (χ1n) is 2.38. The molecule has 0 aromatic heterocycles. The van der Waals surface area contributed by atoms with E-state index in [0.717, 1.165) is 0 Å². The van der Waals surface area contributed by atoms with Gasteiger partial charge in [-0.2, -0.15) is 0 Å². The lowest BCUT2D eigenvalue weighted by Crippen LogP contribution is -2.25. The van der Waals surface area contributed by atoms with Crippen molar-refractivity contribution in [3.05, 3.63) is 0 Å². The van der Waals surface area contributed by atoms with Crippen LogP contribution in [0.2, 0.25) is 0 Å². The molecular weight excluding hydrogens is 108 g/mol. The first kappa shape index (κ1) is 7.59. The van der Waals surface area contributed by atoms with E-state index in [1.165, 1.54) is 14.0 Å². The van der Waals surface area contributed by atoms with E-state index in [9.17, 15) is 4.79 Å². The predicted octanol–water partition coefficient (Wildman–Crippen LogP) is -0.419. The monoisotopic (exact) mass is 118 g/mol. The van der Waals surface area contributed by atoms with Crippen LogP contribution in [0.1, 0.15) is 6.92 Å². The fourth-order valence-electron chi connectivity index (χ4n) is 0.366. The molecule has 0 aromatic rings. The Morgan fingerprint density at radius 1 is 1.75 bits per heavy atom. The van der Waals surface area contributed by atoms with Gasteiger partial charge in [-0.1, -0.05) is 0 Å². The van der Waals surface area contributed by atoms with Gasteiger partial charge in [0.25, 0.3) is 0 Å². The van der Waals surface area contributed by atoms with E-state index in [0.29, 0.717) is 6.29 Å². The minimum Gasteiger partial charge on any atom is -0.390 e. The number of rotatable bonds is 3. The molecule has 3 nitrogen and oxygen atoms in total. The van der Waals surface area contributed by atoms with Crippen LogP contribution >= 0.6 is 0 Å². The highest BCUT2D eigenvalue weighted by Gasteiger charge is 2.10. The van der Waals surface area contributed by atoms with E-state index in [1.54, 1.807) is 0 Å². The Balaban J connectivity index is 3.51. The molecular formula is C5H10O3. The molecule has 48 valence electrons. The molecule has 0 saturated heterocycles. The molecule has 0 spiro atoms. The topological polar surface area (TPSA) is 46.5 Å². The summed E-state index contributed by atoms with van der Waals surface area (Å²) in [5.74, 6) is 0. The summed E-state index contributed by atoms with van der Waals surface area (Å²) in [5.41, 5.74) is 0. The van der Waals surface area contributed by atoms with Crippen LogP contribution in [0.5, 0.6) is 0 Å². The number of carbonyl (C=O) groups excluding carboxylic acids is 1. The molecule has 0 radical (unpaired) electrons. The van der Waals surface area contributed by atoms with E-state index in [2.05, 4.69) is 4.74 Å². The Hall–Kier alpha value is -0.410. The van der Waals surface area contributed by atoms with Gasteiger partial charge in [-0.25, -0.2) is 0 Å². The normalized spacial score (nSPS) is 17.4. The fraction of sp³-hybridized carbons (Fsp3) is 0.800. The van der Waals surface area contributed by atoms with Crippen LogP contribution in [0.3, 0.4) is 0 Å². The van der Waals surface area contributed by atoms with Crippen molar-refractivity contribution in [2.45, 2.75) is 19.1 Å². The molecule has 0 fully saturated rings. The molecule has 0 heterocycles. The van der Waals surface area contributed by atoms with Gasteiger partial charge in [0.2, 0.25) is 0 Å². The maximum Gasteiger partial charge on any atom is 0.151 e. The molecule has 0 amide bonds. The molecule has 3 heteroatoms. The van der Waals surface area contributed by atoms with Crippen LogP contribution in [-0.2, 0) is 9.53 Å². The van der Waals surface area contributed by atoms with E-state index >= 15 is 0 Å². The fourth-order valence-corrected chi connectivity index (χ4v) is 0.366. The van der Waals surface area contributed by atoms with E-state index < -0.39 is 12.2 Å². The number of aliphatic hydroxyl groups excluding tert-OH is 1. The number of methoxy groups -OCH3 is 1. The molecule has 0 bridgehead atoms. The van der Waals surface area contributed by atoms with E-state index in [1.807, 2.05) is 0 Å². The van der Waals surface area contributed by atoms with Crippen molar-refractivity contribution in [1.29, 1.82) is 0 Å². The van der Waals surface area contributed by atoms with Crippen LogP contribution in [0.4, 0.5) is 0 Å². The quantitative estimate of drug-likeness (QED) is 0.512. The summed E-state index contributed by atoms with van der Waals surface area (Å²) < 4.78 is 4.54. The summed E-state index contributed by atoms with van der Waals surface area (Å²) in [6.45, 7) is 1.50. The molecule has 0 rings (SSSR count). The lowest BCUT2D eigenvalue weighted by atomic mass is 10.2. The second-order valence-corrected chi connectivity index (χ2v) is 1.58. The zero-order chi connectivity index (χ0) is 6.57. The van der Waals surface area contributed by atoms with Gasteiger partial charge in [-0.05, 0) is 6.92 Å². The van der Waals surface area contributed by atoms with Crippen molar-refractivity contribution < 1.29 is 14.6 Å². The van der Waals surface area contributed by atoms with Crippen LogP contribution < -0.4 is 0 Å². The smallest absolute Gasteiger partial charge is 0.151 e. The first-order valence-corrected chi connectivity index (χ1v) is 2.38. The van der Waals surface area contributed by atoms with Crippen molar-refractivity contribution in [2.75, 3.05) is 7.11 Å². The average molecular weight is 118 g/mol. The van der Waals surface area contributed by atoms with Gasteiger partial charge in [-0.3, -0.25) is 0 Å². The molecule has 8 heavy (non-hydrogen) atoms. The van der Waals surface area contributed by atoms with Gasteiger partial charge in [0.05, 0.1) is 6.10 Å². The molecule has 0 aliphatic heterocycles. The summed E-state index contributed by atoms with van der Waals surface area (Å²) >= 11 is 0. The van der Waals surface area contributed by atoms with Gasteiger partial charge < -0.3 is 14.6 Å².